The van der Waals surface area contributed by atoms with Gasteiger partial charge in [0.25, 0.3) is 0 Å². The minimum Gasteiger partial charge on any atom is -0.342 e. The number of imidazole rings is 1. The molecule has 0 saturated carbocycles. The lowest BCUT2D eigenvalue weighted by atomic mass is 10.1. The number of carbonyl (C=O) groups excluding carboxylic acids is 1. The molecule has 14 heavy (non-hydrogen) atoms. The molecule has 0 saturated heterocycles. The van der Waals surface area contributed by atoms with Gasteiger partial charge in [-0.1, -0.05) is 6.92 Å². The Bertz CT molecular complexity index is 485. The van der Waals surface area contributed by atoms with Crippen LogP contribution >= 0.6 is 0 Å². The third kappa shape index (κ3) is 1.41. The molecule has 0 fully saturated rings. The number of benzene rings is 1. The second-order valence-electron chi connectivity index (χ2n) is 3.33. The summed E-state index contributed by atoms with van der Waals surface area (Å²) in [4.78, 5) is 18.8. The number of rotatable bonds is 2. The van der Waals surface area contributed by atoms with Gasteiger partial charge in [0.2, 0.25) is 0 Å². The first-order valence-corrected chi connectivity index (χ1v) is 4.70. The maximum absolute atomic E-state index is 11.4. The summed E-state index contributed by atoms with van der Waals surface area (Å²) in [6.45, 7) is 3.77. The van der Waals surface area contributed by atoms with Crippen LogP contribution in [0.5, 0.6) is 0 Å². The number of Topliss-reactive ketones (excluding diaryl/α,β-unsaturated/α-hetero) is 1. The van der Waals surface area contributed by atoms with Crippen molar-refractivity contribution in [2.45, 2.75) is 20.3 Å². The van der Waals surface area contributed by atoms with Crippen molar-refractivity contribution >= 4 is 16.8 Å². The van der Waals surface area contributed by atoms with Crippen molar-refractivity contribution in [2.24, 2.45) is 0 Å². The highest BCUT2D eigenvalue weighted by molar-refractivity contribution is 5.98. The van der Waals surface area contributed by atoms with Gasteiger partial charge < -0.3 is 4.98 Å². The molecule has 0 spiro atoms. The summed E-state index contributed by atoms with van der Waals surface area (Å²) in [6, 6.07) is 5.57. The Morgan fingerprint density at radius 2 is 2.29 bits per heavy atom. The molecule has 72 valence electrons. The average molecular weight is 188 g/mol. The largest absolute Gasteiger partial charge is 0.342 e. The van der Waals surface area contributed by atoms with Crippen molar-refractivity contribution in [1.29, 1.82) is 0 Å². The van der Waals surface area contributed by atoms with Crippen molar-refractivity contribution in [3.63, 3.8) is 0 Å². The molecule has 3 nitrogen and oxygen atoms in total. The first kappa shape index (κ1) is 8.94. The molecule has 2 rings (SSSR count). The van der Waals surface area contributed by atoms with Gasteiger partial charge in [-0.15, -0.1) is 0 Å². The predicted molar refractivity (Wildman–Crippen MR) is 55.5 cm³/mol. The van der Waals surface area contributed by atoms with Gasteiger partial charge in [-0.05, 0) is 25.1 Å². The molecule has 0 aliphatic carbocycles. The van der Waals surface area contributed by atoms with Crippen LogP contribution in [0, 0.1) is 6.92 Å². The summed E-state index contributed by atoms with van der Waals surface area (Å²) >= 11 is 0. The summed E-state index contributed by atoms with van der Waals surface area (Å²) < 4.78 is 0. The highest BCUT2D eigenvalue weighted by Gasteiger charge is 2.05. The van der Waals surface area contributed by atoms with Crippen LogP contribution in [0.15, 0.2) is 18.2 Å². The smallest absolute Gasteiger partial charge is 0.162 e. The quantitative estimate of drug-likeness (QED) is 0.736. The Morgan fingerprint density at radius 1 is 1.50 bits per heavy atom. The van der Waals surface area contributed by atoms with E-state index in [1.807, 2.05) is 32.0 Å². The van der Waals surface area contributed by atoms with Gasteiger partial charge in [0.15, 0.2) is 5.78 Å². The summed E-state index contributed by atoms with van der Waals surface area (Å²) in [7, 11) is 0. The number of carbonyl (C=O) groups is 1. The van der Waals surface area contributed by atoms with Crippen LogP contribution in [0.4, 0.5) is 0 Å². The van der Waals surface area contributed by atoms with Gasteiger partial charge in [0.05, 0.1) is 11.0 Å². The van der Waals surface area contributed by atoms with Crippen LogP contribution in [0.25, 0.3) is 11.0 Å². The van der Waals surface area contributed by atoms with Gasteiger partial charge in [0, 0.05) is 12.0 Å². The van der Waals surface area contributed by atoms with Crippen LogP contribution in [-0.2, 0) is 0 Å². The lowest BCUT2D eigenvalue weighted by Crippen LogP contribution is -1.95. The monoisotopic (exact) mass is 188 g/mol. The third-order valence-corrected chi connectivity index (χ3v) is 2.24. The predicted octanol–water partition coefficient (Wildman–Crippen LogP) is 2.46. The van der Waals surface area contributed by atoms with Gasteiger partial charge in [-0.25, -0.2) is 4.98 Å². The van der Waals surface area contributed by atoms with Crippen molar-refractivity contribution < 1.29 is 4.79 Å². The molecular weight excluding hydrogens is 176 g/mol. The molecular formula is C11H12N2O. The number of fused-ring (bicyclic) bond motifs is 1. The van der Waals surface area contributed by atoms with Gasteiger partial charge >= 0.3 is 0 Å². The number of aryl methyl sites for hydroxylation is 1. The summed E-state index contributed by atoms with van der Waals surface area (Å²) in [5.41, 5.74) is 2.60. The number of ketones is 1. The van der Waals surface area contributed by atoms with E-state index in [1.165, 1.54) is 0 Å². The molecule has 2 aromatic rings. The van der Waals surface area contributed by atoms with E-state index in [0.717, 1.165) is 22.4 Å². The normalized spacial score (nSPS) is 10.7. The molecule has 1 heterocycles. The minimum atomic E-state index is 0.166. The minimum absolute atomic E-state index is 0.166. The Kier molecular flexibility index (Phi) is 2.08. The van der Waals surface area contributed by atoms with E-state index >= 15 is 0 Å². The van der Waals surface area contributed by atoms with E-state index in [-0.39, 0.29) is 5.78 Å². The van der Waals surface area contributed by atoms with E-state index in [2.05, 4.69) is 9.97 Å². The lowest BCUT2D eigenvalue weighted by Gasteiger charge is -1.96. The third-order valence-electron chi connectivity index (χ3n) is 2.24. The van der Waals surface area contributed by atoms with E-state index in [9.17, 15) is 4.79 Å². The molecule has 0 amide bonds. The first-order valence-electron chi connectivity index (χ1n) is 4.70. The fraction of sp³-hybridized carbons (Fsp3) is 0.273. The fourth-order valence-electron chi connectivity index (χ4n) is 1.51. The SMILES string of the molecule is CCC(=O)c1ccc2nc(C)[nH]c2c1. The maximum atomic E-state index is 11.4. The highest BCUT2D eigenvalue weighted by Crippen LogP contribution is 2.14. The second kappa shape index (κ2) is 3.25. The Labute approximate surface area is 82.2 Å². The number of nitrogens with one attached hydrogen (secondary N) is 1. The number of hydrogen-bond donors (Lipinski definition) is 1. The van der Waals surface area contributed by atoms with E-state index in [0.29, 0.717) is 6.42 Å². The summed E-state index contributed by atoms with van der Waals surface area (Å²) in [5.74, 6) is 1.04. The molecule has 0 atom stereocenters. The summed E-state index contributed by atoms with van der Waals surface area (Å²) in [5, 5.41) is 0. The lowest BCUT2D eigenvalue weighted by molar-refractivity contribution is 0.0988. The molecule has 1 aromatic carbocycles. The van der Waals surface area contributed by atoms with Crippen LogP contribution in [0.3, 0.4) is 0 Å². The van der Waals surface area contributed by atoms with E-state index in [4.69, 9.17) is 0 Å². The van der Waals surface area contributed by atoms with Crippen molar-refractivity contribution in [1.82, 2.24) is 9.97 Å². The van der Waals surface area contributed by atoms with E-state index in [1.54, 1.807) is 0 Å². The number of aromatic amines is 1. The molecule has 1 N–H and O–H groups in total. The average Bonchev–Trinajstić information content (AvgIpc) is 2.55. The Hall–Kier alpha value is -1.64. The van der Waals surface area contributed by atoms with Crippen LogP contribution in [0.1, 0.15) is 29.5 Å². The first-order chi connectivity index (χ1) is 6.70. The van der Waals surface area contributed by atoms with Gasteiger partial charge in [-0.2, -0.15) is 0 Å². The molecule has 0 radical (unpaired) electrons. The summed E-state index contributed by atoms with van der Waals surface area (Å²) in [6.07, 6.45) is 0.540. The molecule has 0 aliphatic rings. The maximum Gasteiger partial charge on any atom is 0.162 e. The standard InChI is InChI=1S/C11H12N2O/c1-3-11(14)8-4-5-9-10(6-8)13-7(2)12-9/h4-6H,3H2,1-2H3,(H,12,13). The zero-order valence-electron chi connectivity index (χ0n) is 8.29. The van der Waals surface area contributed by atoms with Crippen molar-refractivity contribution in [2.75, 3.05) is 0 Å². The van der Waals surface area contributed by atoms with Crippen LogP contribution in [0.2, 0.25) is 0 Å². The molecule has 0 bridgehead atoms. The Balaban J connectivity index is 2.55. The number of nitrogens with zero attached hydrogens (tertiary/aromatic N) is 1. The van der Waals surface area contributed by atoms with Crippen molar-refractivity contribution in [3.8, 4) is 0 Å². The number of H-pyrrole nitrogens is 1. The van der Waals surface area contributed by atoms with Crippen LogP contribution in [-0.4, -0.2) is 15.8 Å². The van der Waals surface area contributed by atoms with Gasteiger partial charge in [-0.3, -0.25) is 4.79 Å². The molecule has 1 aromatic heterocycles. The van der Waals surface area contributed by atoms with Gasteiger partial charge in [0.1, 0.15) is 5.82 Å². The Morgan fingerprint density at radius 3 is 3.00 bits per heavy atom. The van der Waals surface area contributed by atoms with Crippen LogP contribution < -0.4 is 0 Å². The van der Waals surface area contributed by atoms with E-state index < -0.39 is 0 Å². The highest BCUT2D eigenvalue weighted by atomic mass is 16.1. The molecule has 3 heteroatoms. The zero-order chi connectivity index (χ0) is 10.1. The zero-order valence-corrected chi connectivity index (χ0v) is 8.29. The van der Waals surface area contributed by atoms with Crippen molar-refractivity contribution in [3.05, 3.63) is 29.6 Å². The molecule has 0 unspecified atom stereocenters. The fourth-order valence-corrected chi connectivity index (χ4v) is 1.51. The second-order valence-corrected chi connectivity index (χ2v) is 3.33. The topological polar surface area (TPSA) is 45.8 Å². The number of hydrogen-bond acceptors (Lipinski definition) is 2. The number of aromatic nitrogens is 2. The molecule has 0 aliphatic heterocycles.